The molecule has 12 heteroatoms. The number of carbonyl (C=O) groups is 1. The highest BCUT2D eigenvalue weighted by molar-refractivity contribution is 5.99. The Morgan fingerprint density at radius 1 is 1.20 bits per heavy atom. The van der Waals surface area contributed by atoms with Crippen molar-refractivity contribution in [3.05, 3.63) is 64.9 Å². The highest BCUT2D eigenvalue weighted by Crippen LogP contribution is 2.35. The average Bonchev–Trinajstić information content (AvgIpc) is 3.29. The van der Waals surface area contributed by atoms with Crippen LogP contribution in [-0.4, -0.2) is 56.0 Å². The first-order chi connectivity index (χ1) is 16.6. The molecule has 1 atom stereocenters. The van der Waals surface area contributed by atoms with E-state index in [1.807, 2.05) is 0 Å². The van der Waals surface area contributed by atoms with Gasteiger partial charge in [-0.05, 0) is 30.7 Å². The third kappa shape index (κ3) is 3.84. The van der Waals surface area contributed by atoms with Crippen molar-refractivity contribution in [2.75, 3.05) is 26.4 Å². The molecule has 3 aromatic heterocycles. The van der Waals surface area contributed by atoms with Crippen molar-refractivity contribution >= 4 is 28.3 Å². The molecule has 5 rings (SSSR count). The lowest BCUT2D eigenvalue weighted by Crippen LogP contribution is -2.47. The molecule has 1 amide bonds. The summed E-state index contributed by atoms with van der Waals surface area (Å²) in [4.78, 5) is 26.2. The monoisotopic (exact) mass is 485 g/mol. The molecule has 4 aromatic rings. The number of aromatic nitrogens is 4. The molecule has 2 N–H and O–H groups in total. The van der Waals surface area contributed by atoms with E-state index >= 15 is 0 Å². The fourth-order valence-electron chi connectivity index (χ4n) is 4.43. The van der Waals surface area contributed by atoms with Gasteiger partial charge in [0.25, 0.3) is 5.91 Å². The van der Waals surface area contributed by atoms with Crippen LogP contribution in [-0.2, 0) is 17.5 Å². The first-order valence-electron chi connectivity index (χ1n) is 10.7. The van der Waals surface area contributed by atoms with E-state index in [2.05, 4.69) is 15.0 Å². The van der Waals surface area contributed by atoms with E-state index in [1.54, 1.807) is 55.1 Å². The number of nitrogens with zero attached hydrogens (tertiary/aromatic N) is 6. The Labute approximate surface area is 197 Å². The Kier molecular flexibility index (Phi) is 5.37. The number of nitrogens with two attached hydrogens (primary N) is 1. The Morgan fingerprint density at radius 2 is 1.97 bits per heavy atom. The highest BCUT2D eigenvalue weighted by atomic mass is 19.4. The van der Waals surface area contributed by atoms with Gasteiger partial charge in [0, 0.05) is 25.2 Å². The molecular formula is C23H22F3N7O2. The SMILES string of the molecule is Cc1cc2nc(N)c3cncn3c2cc1C(=O)N(C1COCc2nc(C(F)(F)F)ccc21)N(C)C. The summed E-state index contributed by atoms with van der Waals surface area (Å²) in [6, 6.07) is 5.14. The summed E-state index contributed by atoms with van der Waals surface area (Å²) in [6.45, 7) is 1.84. The van der Waals surface area contributed by atoms with E-state index < -0.39 is 17.9 Å². The van der Waals surface area contributed by atoms with E-state index in [9.17, 15) is 18.0 Å². The smallest absolute Gasteiger partial charge is 0.382 e. The van der Waals surface area contributed by atoms with Gasteiger partial charge in [0.2, 0.25) is 0 Å². The molecule has 1 aliphatic rings. The van der Waals surface area contributed by atoms with Crippen LogP contribution in [0.15, 0.2) is 36.8 Å². The molecule has 0 bridgehead atoms. The third-order valence-electron chi connectivity index (χ3n) is 6.06. The van der Waals surface area contributed by atoms with Crippen LogP contribution in [0.3, 0.4) is 0 Å². The lowest BCUT2D eigenvalue weighted by molar-refractivity contribution is -0.141. The molecule has 1 aliphatic heterocycles. The van der Waals surface area contributed by atoms with Crippen LogP contribution in [0.2, 0.25) is 0 Å². The minimum atomic E-state index is -4.57. The molecule has 0 spiro atoms. The van der Waals surface area contributed by atoms with Crippen LogP contribution in [0.1, 0.15) is 38.9 Å². The Bertz CT molecular complexity index is 1470. The minimum absolute atomic E-state index is 0.0636. The van der Waals surface area contributed by atoms with Crippen LogP contribution in [0.5, 0.6) is 0 Å². The van der Waals surface area contributed by atoms with E-state index in [1.165, 1.54) is 11.1 Å². The number of ether oxygens (including phenoxy) is 1. The zero-order valence-electron chi connectivity index (χ0n) is 19.2. The first kappa shape index (κ1) is 23.0. The maximum atomic E-state index is 13.9. The van der Waals surface area contributed by atoms with Gasteiger partial charge in [-0.2, -0.15) is 13.2 Å². The number of amides is 1. The van der Waals surface area contributed by atoms with Crippen molar-refractivity contribution in [1.82, 2.24) is 29.4 Å². The molecule has 9 nitrogen and oxygen atoms in total. The maximum absolute atomic E-state index is 13.9. The quantitative estimate of drug-likeness (QED) is 0.444. The summed E-state index contributed by atoms with van der Waals surface area (Å²) < 4.78 is 46.9. The number of alkyl halides is 3. The summed E-state index contributed by atoms with van der Waals surface area (Å²) in [5, 5.41) is 3.07. The van der Waals surface area contributed by atoms with Gasteiger partial charge in [0.15, 0.2) is 0 Å². The van der Waals surface area contributed by atoms with Gasteiger partial charge in [0.05, 0.1) is 48.5 Å². The second-order valence-electron chi connectivity index (χ2n) is 8.56. The number of imidazole rings is 1. The van der Waals surface area contributed by atoms with Crippen molar-refractivity contribution in [3.63, 3.8) is 0 Å². The lowest BCUT2D eigenvalue weighted by atomic mass is 10.00. The van der Waals surface area contributed by atoms with Crippen LogP contribution in [0.4, 0.5) is 19.0 Å². The second-order valence-corrected chi connectivity index (χ2v) is 8.56. The topological polar surface area (TPSA) is 102 Å². The number of anilines is 1. The van der Waals surface area contributed by atoms with E-state index in [0.717, 1.165) is 6.07 Å². The molecule has 182 valence electrons. The molecule has 0 saturated carbocycles. The van der Waals surface area contributed by atoms with Crippen LogP contribution >= 0.6 is 0 Å². The summed E-state index contributed by atoms with van der Waals surface area (Å²) in [5.41, 5.74) is 8.65. The van der Waals surface area contributed by atoms with Gasteiger partial charge in [-0.15, -0.1) is 0 Å². The largest absolute Gasteiger partial charge is 0.433 e. The molecule has 0 radical (unpaired) electrons. The Morgan fingerprint density at radius 3 is 2.69 bits per heavy atom. The van der Waals surface area contributed by atoms with Gasteiger partial charge in [0.1, 0.15) is 17.0 Å². The highest BCUT2D eigenvalue weighted by Gasteiger charge is 2.37. The Balaban J connectivity index is 1.60. The van der Waals surface area contributed by atoms with Crippen molar-refractivity contribution in [2.24, 2.45) is 0 Å². The minimum Gasteiger partial charge on any atom is -0.382 e. The molecule has 4 heterocycles. The first-order valence-corrected chi connectivity index (χ1v) is 10.7. The molecule has 0 saturated heterocycles. The van der Waals surface area contributed by atoms with Gasteiger partial charge in [-0.1, -0.05) is 6.07 Å². The van der Waals surface area contributed by atoms with Crippen molar-refractivity contribution < 1.29 is 22.7 Å². The normalized spacial score (nSPS) is 16.1. The summed E-state index contributed by atoms with van der Waals surface area (Å²) >= 11 is 0. The average molecular weight is 485 g/mol. The van der Waals surface area contributed by atoms with Gasteiger partial charge in [-0.25, -0.2) is 20.0 Å². The number of hydrogen-bond donors (Lipinski definition) is 1. The van der Waals surface area contributed by atoms with Gasteiger partial charge in [-0.3, -0.25) is 14.2 Å². The fourth-order valence-corrected chi connectivity index (χ4v) is 4.43. The van der Waals surface area contributed by atoms with E-state index in [0.29, 0.717) is 39.1 Å². The van der Waals surface area contributed by atoms with Gasteiger partial charge < -0.3 is 10.5 Å². The molecule has 1 unspecified atom stereocenters. The van der Waals surface area contributed by atoms with Crippen LogP contribution < -0.4 is 5.73 Å². The predicted octanol–water partition coefficient (Wildman–Crippen LogP) is 3.38. The molecule has 1 aromatic carbocycles. The number of hydrogen-bond acceptors (Lipinski definition) is 7. The number of carbonyl (C=O) groups excluding carboxylic acids is 1. The predicted molar refractivity (Wildman–Crippen MR) is 121 cm³/mol. The van der Waals surface area contributed by atoms with E-state index in [-0.39, 0.29) is 24.8 Å². The molecule has 0 aliphatic carbocycles. The zero-order valence-corrected chi connectivity index (χ0v) is 19.2. The number of benzene rings is 1. The lowest BCUT2D eigenvalue weighted by Gasteiger charge is -2.39. The maximum Gasteiger partial charge on any atom is 0.433 e. The van der Waals surface area contributed by atoms with Crippen molar-refractivity contribution in [3.8, 4) is 0 Å². The van der Waals surface area contributed by atoms with E-state index in [4.69, 9.17) is 10.5 Å². The number of rotatable bonds is 3. The number of fused-ring (bicyclic) bond motifs is 4. The number of hydrazine groups is 1. The van der Waals surface area contributed by atoms with Crippen LogP contribution in [0.25, 0.3) is 16.6 Å². The zero-order chi connectivity index (χ0) is 25.1. The Hall–Kier alpha value is -3.77. The number of nitrogen functional groups attached to an aromatic ring is 1. The second kappa shape index (κ2) is 8.17. The number of pyridine rings is 1. The van der Waals surface area contributed by atoms with Crippen LogP contribution in [0, 0.1) is 6.92 Å². The number of aryl methyl sites for hydroxylation is 1. The van der Waals surface area contributed by atoms with Crippen molar-refractivity contribution in [2.45, 2.75) is 25.7 Å². The summed E-state index contributed by atoms with van der Waals surface area (Å²) in [7, 11) is 3.38. The molecule has 0 fully saturated rings. The summed E-state index contributed by atoms with van der Waals surface area (Å²) in [5.74, 6) is -0.0223. The molecule has 35 heavy (non-hydrogen) atoms. The van der Waals surface area contributed by atoms with Crippen molar-refractivity contribution in [1.29, 1.82) is 0 Å². The van der Waals surface area contributed by atoms with Gasteiger partial charge >= 0.3 is 6.18 Å². The third-order valence-corrected chi connectivity index (χ3v) is 6.06. The fraction of sp³-hybridized carbons (Fsp3) is 0.304. The number of halogens is 3. The summed E-state index contributed by atoms with van der Waals surface area (Å²) in [6.07, 6.45) is -1.39. The standard InChI is InChI=1S/C23H22F3N7O2/c1-12-6-15-17(32-11-28-8-18(32)21(27)30-15)7-14(12)22(34)33(31(2)3)19-10-35-9-16-13(19)4-5-20(29-16)23(24,25)26/h4-8,11,19H,9-10H2,1-3H3,(H2,27,30). The molecular weight excluding hydrogens is 463 g/mol.